The number of nitrogens with zero attached hydrogens (tertiary/aromatic N) is 1. The third-order valence-electron chi connectivity index (χ3n) is 2.74. The molecule has 1 atom stereocenters. The Bertz CT molecular complexity index is 419. The number of aliphatic hydroxyl groups excluding tert-OH is 2. The smallest absolute Gasteiger partial charge is 0.0949 e. The number of hydrogen-bond donors (Lipinski definition) is 2. The molecule has 0 aromatic heterocycles. The van der Waals surface area contributed by atoms with Crippen LogP contribution in [-0.2, 0) is 0 Å². The van der Waals surface area contributed by atoms with Crippen molar-refractivity contribution in [3.8, 4) is 0 Å². The molecule has 0 spiro atoms. The van der Waals surface area contributed by atoms with Gasteiger partial charge in [-0.25, -0.2) is 0 Å². The van der Waals surface area contributed by atoms with Crippen molar-refractivity contribution in [2.24, 2.45) is 0 Å². The minimum Gasteiger partial charge on any atom is -0.394 e. The van der Waals surface area contributed by atoms with Gasteiger partial charge in [0.25, 0.3) is 0 Å². The van der Waals surface area contributed by atoms with Crippen LogP contribution in [0.15, 0.2) is 60.7 Å². The molecule has 2 aromatic carbocycles. The second-order valence-corrected chi connectivity index (χ2v) is 4.12. The molecule has 0 heterocycles. The van der Waals surface area contributed by atoms with Crippen LogP contribution >= 0.6 is 0 Å². The molecule has 2 rings (SSSR count). The Hall–Kier alpha value is -1.84. The average Bonchev–Trinajstić information content (AvgIpc) is 2.46. The minimum atomic E-state index is -0.759. The largest absolute Gasteiger partial charge is 0.394 e. The first-order chi connectivity index (χ1) is 8.81. The van der Waals surface area contributed by atoms with Crippen LogP contribution in [0.5, 0.6) is 0 Å². The highest BCUT2D eigenvalue weighted by molar-refractivity contribution is 5.62. The van der Waals surface area contributed by atoms with Crippen LogP contribution in [0, 0.1) is 0 Å². The van der Waals surface area contributed by atoms with Gasteiger partial charge in [-0.1, -0.05) is 36.4 Å². The molecule has 2 N–H and O–H groups in total. The van der Waals surface area contributed by atoms with Crippen LogP contribution in [0.4, 0.5) is 11.4 Å². The Morgan fingerprint density at radius 3 is 1.67 bits per heavy atom. The summed E-state index contributed by atoms with van der Waals surface area (Å²) in [6.07, 6.45) is -0.759. The third-order valence-corrected chi connectivity index (χ3v) is 2.74. The fraction of sp³-hybridized carbons (Fsp3) is 0.200. The van der Waals surface area contributed by atoms with Gasteiger partial charge in [-0.2, -0.15) is 0 Å². The molecule has 0 bridgehead atoms. The number of aliphatic hydroxyl groups is 2. The summed E-state index contributed by atoms with van der Waals surface area (Å²) >= 11 is 0. The van der Waals surface area contributed by atoms with E-state index in [-0.39, 0.29) is 6.61 Å². The molecule has 0 aliphatic carbocycles. The third kappa shape index (κ3) is 3.09. The lowest BCUT2D eigenvalue weighted by atomic mass is 10.2. The maximum atomic E-state index is 9.66. The van der Waals surface area contributed by atoms with Gasteiger partial charge in [0, 0.05) is 11.4 Å². The number of para-hydroxylation sites is 2. The first-order valence-corrected chi connectivity index (χ1v) is 5.98. The van der Waals surface area contributed by atoms with Gasteiger partial charge in [0.15, 0.2) is 0 Å². The minimum absolute atomic E-state index is 0.240. The molecule has 3 nitrogen and oxygen atoms in total. The zero-order valence-corrected chi connectivity index (χ0v) is 10.1. The summed E-state index contributed by atoms with van der Waals surface area (Å²) in [6, 6.07) is 19.7. The van der Waals surface area contributed by atoms with E-state index in [1.54, 1.807) is 0 Å². The summed E-state index contributed by atoms with van der Waals surface area (Å²) < 4.78 is 0. The highest BCUT2D eigenvalue weighted by Gasteiger charge is 2.13. The molecule has 2 aromatic rings. The molecule has 0 saturated heterocycles. The predicted octanol–water partition coefficient (Wildman–Crippen LogP) is 2.18. The molecular formula is C15H17NO2. The standard InChI is InChI=1S/C15H17NO2/c17-12-15(18)11-16(13-7-3-1-4-8-13)14-9-5-2-6-10-14/h1-10,15,17-18H,11-12H2/t15-/m1/s1. The Kier molecular flexibility index (Phi) is 4.34. The second kappa shape index (κ2) is 6.19. The molecule has 0 aliphatic rings. The van der Waals surface area contributed by atoms with Gasteiger partial charge < -0.3 is 15.1 Å². The predicted molar refractivity (Wildman–Crippen MR) is 73.0 cm³/mol. The zero-order chi connectivity index (χ0) is 12.8. The van der Waals surface area contributed by atoms with Gasteiger partial charge in [-0.05, 0) is 24.3 Å². The van der Waals surface area contributed by atoms with Crippen molar-refractivity contribution < 1.29 is 10.2 Å². The summed E-state index contributed by atoms with van der Waals surface area (Å²) in [7, 11) is 0. The summed E-state index contributed by atoms with van der Waals surface area (Å²) in [5.41, 5.74) is 1.99. The zero-order valence-electron chi connectivity index (χ0n) is 10.1. The molecule has 0 amide bonds. The first kappa shape index (κ1) is 12.6. The van der Waals surface area contributed by atoms with Gasteiger partial charge in [0.2, 0.25) is 0 Å². The molecule has 18 heavy (non-hydrogen) atoms. The quantitative estimate of drug-likeness (QED) is 0.846. The Morgan fingerprint density at radius 1 is 0.833 bits per heavy atom. The highest BCUT2D eigenvalue weighted by Crippen LogP contribution is 2.24. The molecule has 94 valence electrons. The maximum Gasteiger partial charge on any atom is 0.0949 e. The molecular weight excluding hydrogens is 226 g/mol. The molecule has 0 aliphatic heterocycles. The highest BCUT2D eigenvalue weighted by atomic mass is 16.3. The van der Waals surface area contributed by atoms with E-state index in [0.717, 1.165) is 11.4 Å². The van der Waals surface area contributed by atoms with Crippen LogP contribution in [0.2, 0.25) is 0 Å². The topological polar surface area (TPSA) is 43.7 Å². The fourth-order valence-electron chi connectivity index (χ4n) is 1.84. The van der Waals surface area contributed by atoms with Gasteiger partial charge in [0.1, 0.15) is 0 Å². The van der Waals surface area contributed by atoms with E-state index in [0.29, 0.717) is 6.54 Å². The SMILES string of the molecule is OC[C@H](O)CN(c1ccccc1)c1ccccc1. The maximum absolute atomic E-state index is 9.66. The lowest BCUT2D eigenvalue weighted by Crippen LogP contribution is -2.30. The number of rotatable bonds is 5. The van der Waals surface area contributed by atoms with Crippen molar-refractivity contribution in [3.63, 3.8) is 0 Å². The van der Waals surface area contributed by atoms with Crippen molar-refractivity contribution in [1.29, 1.82) is 0 Å². The monoisotopic (exact) mass is 243 g/mol. The fourth-order valence-corrected chi connectivity index (χ4v) is 1.84. The number of anilines is 2. The Balaban J connectivity index is 2.29. The summed E-state index contributed by atoms with van der Waals surface area (Å²) in [5.74, 6) is 0. The van der Waals surface area contributed by atoms with Crippen molar-refractivity contribution in [3.05, 3.63) is 60.7 Å². The van der Waals surface area contributed by atoms with Gasteiger partial charge >= 0.3 is 0 Å². The molecule has 0 saturated carbocycles. The van der Waals surface area contributed by atoms with E-state index in [2.05, 4.69) is 0 Å². The average molecular weight is 243 g/mol. The lowest BCUT2D eigenvalue weighted by molar-refractivity contribution is 0.102. The van der Waals surface area contributed by atoms with Crippen molar-refractivity contribution in [1.82, 2.24) is 0 Å². The van der Waals surface area contributed by atoms with E-state index in [1.807, 2.05) is 65.6 Å². The Morgan fingerprint density at radius 2 is 1.28 bits per heavy atom. The number of hydrogen-bond acceptors (Lipinski definition) is 3. The Labute approximate surface area is 107 Å². The van der Waals surface area contributed by atoms with Crippen LogP contribution < -0.4 is 4.90 Å². The normalized spacial score (nSPS) is 12.1. The molecule has 0 radical (unpaired) electrons. The van der Waals surface area contributed by atoms with Gasteiger partial charge in [-0.15, -0.1) is 0 Å². The van der Waals surface area contributed by atoms with Gasteiger partial charge in [-0.3, -0.25) is 0 Å². The van der Waals surface area contributed by atoms with Crippen molar-refractivity contribution >= 4 is 11.4 Å². The van der Waals surface area contributed by atoms with Crippen LogP contribution in [0.25, 0.3) is 0 Å². The van der Waals surface area contributed by atoms with E-state index in [4.69, 9.17) is 5.11 Å². The second-order valence-electron chi connectivity index (χ2n) is 4.12. The van der Waals surface area contributed by atoms with Crippen LogP contribution in [0.1, 0.15) is 0 Å². The molecule has 3 heteroatoms. The van der Waals surface area contributed by atoms with Crippen LogP contribution in [-0.4, -0.2) is 29.5 Å². The summed E-state index contributed by atoms with van der Waals surface area (Å²) in [4.78, 5) is 1.99. The first-order valence-electron chi connectivity index (χ1n) is 5.98. The van der Waals surface area contributed by atoms with E-state index in [9.17, 15) is 5.11 Å². The summed E-state index contributed by atoms with van der Waals surface area (Å²) in [6.45, 7) is 0.126. The number of benzene rings is 2. The van der Waals surface area contributed by atoms with Gasteiger partial charge in [0.05, 0.1) is 19.3 Å². The lowest BCUT2D eigenvalue weighted by Gasteiger charge is -2.26. The van der Waals surface area contributed by atoms with Crippen molar-refractivity contribution in [2.45, 2.75) is 6.10 Å². The molecule has 0 fully saturated rings. The van der Waals surface area contributed by atoms with Crippen LogP contribution in [0.3, 0.4) is 0 Å². The van der Waals surface area contributed by atoms with E-state index in [1.165, 1.54) is 0 Å². The molecule has 0 unspecified atom stereocenters. The summed E-state index contributed by atoms with van der Waals surface area (Å²) in [5, 5.41) is 18.7. The van der Waals surface area contributed by atoms with E-state index >= 15 is 0 Å². The van der Waals surface area contributed by atoms with Crippen molar-refractivity contribution in [2.75, 3.05) is 18.1 Å². The van der Waals surface area contributed by atoms with E-state index < -0.39 is 6.10 Å².